The third kappa shape index (κ3) is 5.14. The molecule has 0 unspecified atom stereocenters. The van der Waals surface area contributed by atoms with Gasteiger partial charge in [-0.15, -0.1) is 0 Å². The van der Waals surface area contributed by atoms with Gasteiger partial charge in [0.1, 0.15) is 0 Å². The summed E-state index contributed by atoms with van der Waals surface area (Å²) in [7, 11) is 0. The summed E-state index contributed by atoms with van der Waals surface area (Å²) in [6.07, 6.45) is 0.240. The first kappa shape index (κ1) is 16.5. The predicted molar refractivity (Wildman–Crippen MR) is 95.9 cm³/mol. The number of rotatable bonds is 5. The Kier molecular flexibility index (Phi) is 5.94. The van der Waals surface area contributed by atoms with Crippen LogP contribution < -0.4 is 10.6 Å². The number of hydrogen-bond donors (Lipinski definition) is 2. The molecule has 0 atom stereocenters. The Morgan fingerprint density at radius 1 is 1.09 bits per heavy atom. The minimum Gasteiger partial charge on any atom is -0.352 e. The molecule has 2 aromatic rings. The van der Waals surface area contributed by atoms with E-state index in [-0.39, 0.29) is 18.2 Å². The minimum absolute atomic E-state index is 0.120. The van der Waals surface area contributed by atoms with Gasteiger partial charge in [-0.05, 0) is 65.9 Å². The average molecular weight is 408 g/mol. The first-order valence-electron chi connectivity index (χ1n) is 6.95. The molecule has 0 aromatic heterocycles. The first-order valence-corrected chi connectivity index (χ1v) is 8.03. The fraction of sp³-hybridized carbons (Fsp3) is 0.176. The van der Waals surface area contributed by atoms with Crippen LogP contribution in [-0.2, 0) is 4.79 Å². The number of nitrogens with one attached hydrogen (secondary N) is 2. The van der Waals surface area contributed by atoms with Crippen molar-refractivity contribution < 1.29 is 9.59 Å². The predicted octanol–water partition coefficient (Wildman–Crippen LogP) is 3.36. The number of carbonyl (C=O) groups is 2. The molecule has 5 heteroatoms. The van der Waals surface area contributed by atoms with Crippen LogP contribution in [0, 0.1) is 10.5 Å². The van der Waals surface area contributed by atoms with E-state index in [1.54, 1.807) is 6.07 Å². The van der Waals surface area contributed by atoms with E-state index in [4.69, 9.17) is 0 Å². The van der Waals surface area contributed by atoms with Crippen molar-refractivity contribution in [2.24, 2.45) is 0 Å². The Labute approximate surface area is 143 Å². The average Bonchev–Trinajstić information content (AvgIpc) is 2.49. The van der Waals surface area contributed by atoms with Crippen LogP contribution >= 0.6 is 22.6 Å². The van der Waals surface area contributed by atoms with E-state index in [2.05, 4.69) is 33.2 Å². The van der Waals surface area contributed by atoms with Crippen LogP contribution in [0.1, 0.15) is 22.3 Å². The molecule has 2 amide bonds. The molecule has 0 spiro atoms. The van der Waals surface area contributed by atoms with E-state index in [9.17, 15) is 9.59 Å². The molecule has 22 heavy (non-hydrogen) atoms. The van der Waals surface area contributed by atoms with E-state index >= 15 is 0 Å². The van der Waals surface area contributed by atoms with Gasteiger partial charge in [0, 0.05) is 27.8 Å². The summed E-state index contributed by atoms with van der Waals surface area (Å²) in [6, 6.07) is 14.9. The molecule has 0 heterocycles. The largest absolute Gasteiger partial charge is 0.352 e. The Bertz CT molecular complexity index is 669. The zero-order valence-electron chi connectivity index (χ0n) is 12.2. The number of benzene rings is 2. The molecular formula is C17H17IN2O2. The van der Waals surface area contributed by atoms with Crippen LogP contribution in [0.3, 0.4) is 0 Å². The van der Waals surface area contributed by atoms with Crippen molar-refractivity contribution in [3.05, 3.63) is 63.2 Å². The van der Waals surface area contributed by atoms with Crippen molar-refractivity contribution in [2.45, 2.75) is 13.3 Å². The number of aryl methyl sites for hydroxylation is 1. The normalized spacial score (nSPS) is 10.1. The number of halogens is 1. The van der Waals surface area contributed by atoms with Crippen LogP contribution in [0.4, 0.5) is 5.69 Å². The lowest BCUT2D eigenvalue weighted by molar-refractivity contribution is -0.116. The van der Waals surface area contributed by atoms with Gasteiger partial charge in [0.05, 0.1) is 0 Å². The second kappa shape index (κ2) is 7.93. The van der Waals surface area contributed by atoms with E-state index in [0.717, 1.165) is 14.8 Å². The number of anilines is 1. The zero-order chi connectivity index (χ0) is 15.9. The maximum Gasteiger partial charge on any atom is 0.251 e. The fourth-order valence-corrected chi connectivity index (χ4v) is 2.29. The molecule has 0 bridgehead atoms. The zero-order valence-corrected chi connectivity index (χ0v) is 14.4. The van der Waals surface area contributed by atoms with Crippen molar-refractivity contribution in [3.8, 4) is 0 Å². The monoisotopic (exact) mass is 408 g/mol. The molecule has 2 aromatic carbocycles. The van der Waals surface area contributed by atoms with Crippen LogP contribution in [0.2, 0.25) is 0 Å². The lowest BCUT2D eigenvalue weighted by Gasteiger charge is -2.07. The van der Waals surface area contributed by atoms with Gasteiger partial charge in [-0.25, -0.2) is 0 Å². The molecule has 4 nitrogen and oxygen atoms in total. The molecular weight excluding hydrogens is 391 g/mol. The summed E-state index contributed by atoms with van der Waals surface area (Å²) < 4.78 is 1.11. The summed E-state index contributed by atoms with van der Waals surface area (Å²) in [4.78, 5) is 23.7. The standard InChI is InChI=1S/C17H17IN2O2/c1-12-3-2-4-13(11-12)17(22)19-10-9-16(21)20-15-7-5-14(18)6-8-15/h2-8,11H,9-10H2,1H3,(H,19,22)(H,20,21). The minimum atomic E-state index is -0.161. The molecule has 0 fully saturated rings. The van der Waals surface area contributed by atoms with Gasteiger partial charge in [-0.1, -0.05) is 17.7 Å². The Morgan fingerprint density at radius 3 is 2.50 bits per heavy atom. The maximum atomic E-state index is 11.9. The van der Waals surface area contributed by atoms with Crippen LogP contribution in [0.5, 0.6) is 0 Å². The number of amides is 2. The van der Waals surface area contributed by atoms with Gasteiger partial charge in [0.15, 0.2) is 0 Å². The van der Waals surface area contributed by atoms with E-state index in [0.29, 0.717) is 12.1 Å². The summed E-state index contributed by atoms with van der Waals surface area (Å²) in [5.41, 5.74) is 2.40. The van der Waals surface area contributed by atoms with Crippen molar-refractivity contribution in [2.75, 3.05) is 11.9 Å². The molecule has 114 valence electrons. The quantitative estimate of drug-likeness (QED) is 0.746. The highest BCUT2D eigenvalue weighted by Gasteiger charge is 2.07. The van der Waals surface area contributed by atoms with Gasteiger partial charge in [0.25, 0.3) is 5.91 Å². The van der Waals surface area contributed by atoms with Crippen molar-refractivity contribution in [1.29, 1.82) is 0 Å². The second-order valence-corrected chi connectivity index (χ2v) is 6.18. The Morgan fingerprint density at radius 2 is 1.82 bits per heavy atom. The van der Waals surface area contributed by atoms with Crippen molar-refractivity contribution >= 4 is 40.1 Å². The highest BCUT2D eigenvalue weighted by Crippen LogP contribution is 2.11. The first-order chi connectivity index (χ1) is 10.5. The highest BCUT2D eigenvalue weighted by molar-refractivity contribution is 14.1. The van der Waals surface area contributed by atoms with Crippen molar-refractivity contribution in [3.63, 3.8) is 0 Å². The summed E-state index contributed by atoms with van der Waals surface area (Å²) in [6.45, 7) is 2.24. The highest BCUT2D eigenvalue weighted by atomic mass is 127. The maximum absolute atomic E-state index is 11.9. The second-order valence-electron chi connectivity index (χ2n) is 4.93. The SMILES string of the molecule is Cc1cccc(C(=O)NCCC(=O)Nc2ccc(I)cc2)c1. The Hall–Kier alpha value is -1.89. The molecule has 2 N–H and O–H groups in total. The van der Waals surface area contributed by atoms with Crippen LogP contribution in [-0.4, -0.2) is 18.4 Å². The van der Waals surface area contributed by atoms with Crippen molar-refractivity contribution in [1.82, 2.24) is 5.32 Å². The van der Waals surface area contributed by atoms with E-state index in [1.807, 2.05) is 49.4 Å². The summed E-state index contributed by atoms with van der Waals surface area (Å²) in [5.74, 6) is -0.281. The fourth-order valence-electron chi connectivity index (χ4n) is 1.93. The van der Waals surface area contributed by atoms with Gasteiger partial charge in [0.2, 0.25) is 5.91 Å². The van der Waals surface area contributed by atoms with Crippen LogP contribution in [0.15, 0.2) is 48.5 Å². The molecule has 0 aliphatic heterocycles. The summed E-state index contributed by atoms with van der Waals surface area (Å²) >= 11 is 2.21. The topological polar surface area (TPSA) is 58.2 Å². The molecule has 0 aliphatic rings. The molecule has 0 aliphatic carbocycles. The molecule has 0 saturated heterocycles. The molecule has 0 saturated carbocycles. The van der Waals surface area contributed by atoms with Gasteiger partial charge < -0.3 is 10.6 Å². The third-order valence-corrected chi connectivity index (χ3v) is 3.77. The third-order valence-electron chi connectivity index (χ3n) is 3.05. The smallest absolute Gasteiger partial charge is 0.251 e. The molecule has 2 rings (SSSR count). The van der Waals surface area contributed by atoms with Crippen LogP contribution in [0.25, 0.3) is 0 Å². The number of hydrogen-bond acceptors (Lipinski definition) is 2. The summed E-state index contributed by atoms with van der Waals surface area (Å²) in [5, 5.41) is 5.55. The molecule has 0 radical (unpaired) electrons. The Balaban J connectivity index is 1.77. The van der Waals surface area contributed by atoms with Gasteiger partial charge in [-0.3, -0.25) is 9.59 Å². The van der Waals surface area contributed by atoms with Gasteiger partial charge in [-0.2, -0.15) is 0 Å². The number of carbonyl (C=O) groups excluding carboxylic acids is 2. The van der Waals surface area contributed by atoms with Gasteiger partial charge >= 0.3 is 0 Å². The lowest BCUT2D eigenvalue weighted by atomic mass is 10.1. The van der Waals surface area contributed by atoms with E-state index < -0.39 is 0 Å². The lowest BCUT2D eigenvalue weighted by Crippen LogP contribution is -2.27. The van der Waals surface area contributed by atoms with E-state index in [1.165, 1.54) is 0 Å².